The molecule has 0 saturated carbocycles. The Balaban J connectivity index is 2.84. The van der Waals surface area contributed by atoms with E-state index in [2.05, 4.69) is 15.9 Å². The van der Waals surface area contributed by atoms with E-state index in [1.54, 1.807) is 6.07 Å². The van der Waals surface area contributed by atoms with Crippen molar-refractivity contribution in [3.05, 3.63) is 21.3 Å². The summed E-state index contributed by atoms with van der Waals surface area (Å²) in [5, 5.41) is 0. The largest absolute Gasteiger partial charge is 0.302 e. The fraction of sp³-hybridized carbons (Fsp3) is 0.167. The van der Waals surface area contributed by atoms with Gasteiger partial charge in [-0.25, -0.2) is 0 Å². The molecule has 0 fully saturated rings. The van der Waals surface area contributed by atoms with E-state index in [0.717, 1.165) is 11.2 Å². The topological polar surface area (TPSA) is 17.1 Å². The zero-order valence-electron chi connectivity index (χ0n) is 4.88. The van der Waals surface area contributed by atoms with Crippen LogP contribution in [0, 0.1) is 0 Å². The second kappa shape index (κ2) is 3.51. The molecule has 1 rings (SSSR count). The SMILES string of the molecule is O=CC(Br)c1ccc(Cl)s1. The molecule has 1 aromatic heterocycles. The quantitative estimate of drug-likeness (QED) is 0.573. The van der Waals surface area contributed by atoms with E-state index in [9.17, 15) is 4.79 Å². The lowest BCUT2D eigenvalue weighted by Crippen LogP contribution is -1.83. The van der Waals surface area contributed by atoms with Crippen LogP contribution in [0.4, 0.5) is 0 Å². The Labute approximate surface area is 76.1 Å². The molecule has 54 valence electrons. The maximum atomic E-state index is 10.2. The molecule has 0 bridgehead atoms. The van der Waals surface area contributed by atoms with Gasteiger partial charge in [-0.05, 0) is 12.1 Å². The summed E-state index contributed by atoms with van der Waals surface area (Å²) in [6.45, 7) is 0. The Hall–Kier alpha value is 0.140. The van der Waals surface area contributed by atoms with Gasteiger partial charge in [0.15, 0.2) is 0 Å². The monoisotopic (exact) mass is 238 g/mol. The van der Waals surface area contributed by atoms with Crippen LogP contribution in [0.25, 0.3) is 0 Å². The summed E-state index contributed by atoms with van der Waals surface area (Å²) in [6.07, 6.45) is 0.835. The van der Waals surface area contributed by atoms with Gasteiger partial charge in [-0.15, -0.1) is 11.3 Å². The van der Waals surface area contributed by atoms with E-state index in [1.165, 1.54) is 11.3 Å². The molecule has 0 spiro atoms. The highest BCUT2D eigenvalue weighted by molar-refractivity contribution is 9.09. The first-order valence-electron chi connectivity index (χ1n) is 2.58. The molecular formula is C6H4BrClOS. The molecule has 0 aromatic carbocycles. The van der Waals surface area contributed by atoms with Crippen LogP contribution >= 0.6 is 38.9 Å². The van der Waals surface area contributed by atoms with E-state index >= 15 is 0 Å². The van der Waals surface area contributed by atoms with Crippen molar-refractivity contribution in [1.29, 1.82) is 0 Å². The molecule has 1 aromatic rings. The summed E-state index contributed by atoms with van der Waals surface area (Å²) in [5.74, 6) is 0. The third kappa shape index (κ3) is 1.81. The number of hydrogen-bond acceptors (Lipinski definition) is 2. The van der Waals surface area contributed by atoms with Gasteiger partial charge in [-0.3, -0.25) is 0 Å². The van der Waals surface area contributed by atoms with Crippen LogP contribution in [-0.4, -0.2) is 6.29 Å². The van der Waals surface area contributed by atoms with Gasteiger partial charge in [0.05, 0.1) is 4.34 Å². The molecule has 0 aliphatic heterocycles. The molecular weight excluding hydrogens is 235 g/mol. The summed E-state index contributed by atoms with van der Waals surface area (Å²) in [6, 6.07) is 3.61. The average molecular weight is 240 g/mol. The highest BCUT2D eigenvalue weighted by Crippen LogP contribution is 2.30. The molecule has 0 N–H and O–H groups in total. The summed E-state index contributed by atoms with van der Waals surface area (Å²) in [7, 11) is 0. The molecule has 0 aliphatic rings. The van der Waals surface area contributed by atoms with Gasteiger partial charge in [0.25, 0.3) is 0 Å². The summed E-state index contributed by atoms with van der Waals surface area (Å²) >= 11 is 10.2. The number of halogens is 2. The fourth-order valence-corrected chi connectivity index (χ4v) is 1.97. The normalized spacial score (nSPS) is 13.0. The minimum atomic E-state index is -0.204. The van der Waals surface area contributed by atoms with Crippen molar-refractivity contribution in [2.24, 2.45) is 0 Å². The number of alkyl halides is 1. The van der Waals surface area contributed by atoms with Crippen LogP contribution in [0.2, 0.25) is 4.34 Å². The Morgan fingerprint density at radius 2 is 2.40 bits per heavy atom. The standard InChI is InChI=1S/C6H4BrClOS/c7-4(3-9)5-1-2-6(8)10-5/h1-4H. The molecule has 1 nitrogen and oxygen atoms in total. The van der Waals surface area contributed by atoms with Gasteiger partial charge in [0.1, 0.15) is 11.1 Å². The second-order valence-corrected chi connectivity index (χ2v) is 4.41. The van der Waals surface area contributed by atoms with Crippen LogP contribution in [0.5, 0.6) is 0 Å². The van der Waals surface area contributed by atoms with Gasteiger partial charge in [-0.2, -0.15) is 0 Å². The van der Waals surface area contributed by atoms with Gasteiger partial charge < -0.3 is 4.79 Å². The van der Waals surface area contributed by atoms with Crippen molar-refractivity contribution < 1.29 is 4.79 Å². The van der Waals surface area contributed by atoms with Crippen molar-refractivity contribution in [3.63, 3.8) is 0 Å². The predicted octanol–water partition coefficient (Wildman–Crippen LogP) is 3.04. The highest BCUT2D eigenvalue weighted by Gasteiger charge is 2.07. The van der Waals surface area contributed by atoms with Crippen LogP contribution in [0.15, 0.2) is 12.1 Å². The molecule has 4 heteroatoms. The highest BCUT2D eigenvalue weighted by atomic mass is 79.9. The first-order chi connectivity index (χ1) is 4.74. The number of carbonyl (C=O) groups excluding carboxylic acids is 1. The summed E-state index contributed by atoms with van der Waals surface area (Å²) in [4.78, 5) is 11.0. The average Bonchev–Trinajstić information content (AvgIpc) is 2.34. The van der Waals surface area contributed by atoms with E-state index in [0.29, 0.717) is 4.34 Å². The van der Waals surface area contributed by atoms with Crippen LogP contribution in [-0.2, 0) is 4.79 Å². The van der Waals surface area contributed by atoms with E-state index in [4.69, 9.17) is 11.6 Å². The number of aldehydes is 1. The lowest BCUT2D eigenvalue weighted by molar-refractivity contribution is -0.107. The van der Waals surface area contributed by atoms with Crippen molar-refractivity contribution in [3.8, 4) is 0 Å². The number of rotatable bonds is 2. The minimum Gasteiger partial charge on any atom is -0.302 e. The molecule has 10 heavy (non-hydrogen) atoms. The van der Waals surface area contributed by atoms with Crippen molar-refractivity contribution in [2.45, 2.75) is 4.83 Å². The van der Waals surface area contributed by atoms with Crippen molar-refractivity contribution >= 4 is 45.2 Å². The molecule has 1 atom stereocenters. The molecule has 0 saturated heterocycles. The van der Waals surface area contributed by atoms with Crippen LogP contribution < -0.4 is 0 Å². The van der Waals surface area contributed by atoms with E-state index in [-0.39, 0.29) is 4.83 Å². The maximum Gasteiger partial charge on any atom is 0.138 e. The molecule has 0 aliphatic carbocycles. The van der Waals surface area contributed by atoms with Crippen molar-refractivity contribution in [1.82, 2.24) is 0 Å². The van der Waals surface area contributed by atoms with Gasteiger partial charge in [-0.1, -0.05) is 27.5 Å². The zero-order chi connectivity index (χ0) is 7.56. The Kier molecular flexibility index (Phi) is 2.89. The maximum absolute atomic E-state index is 10.2. The number of carbonyl (C=O) groups is 1. The predicted molar refractivity (Wildman–Crippen MR) is 47.1 cm³/mol. The number of thiophene rings is 1. The van der Waals surface area contributed by atoms with Gasteiger partial charge in [0, 0.05) is 4.88 Å². The molecule has 0 amide bonds. The molecule has 1 heterocycles. The lowest BCUT2D eigenvalue weighted by atomic mass is 10.4. The van der Waals surface area contributed by atoms with Crippen LogP contribution in [0.3, 0.4) is 0 Å². The molecule has 0 radical (unpaired) electrons. The first kappa shape index (κ1) is 8.24. The smallest absolute Gasteiger partial charge is 0.138 e. The Bertz CT molecular complexity index is 235. The Morgan fingerprint density at radius 3 is 2.80 bits per heavy atom. The van der Waals surface area contributed by atoms with Gasteiger partial charge >= 0.3 is 0 Å². The number of hydrogen-bond donors (Lipinski definition) is 0. The second-order valence-electron chi connectivity index (χ2n) is 1.68. The molecule has 1 unspecified atom stereocenters. The summed E-state index contributed by atoms with van der Waals surface area (Å²) < 4.78 is 0.710. The fourth-order valence-electron chi connectivity index (χ4n) is 0.544. The third-order valence-corrected chi connectivity index (χ3v) is 3.31. The lowest BCUT2D eigenvalue weighted by Gasteiger charge is -1.92. The van der Waals surface area contributed by atoms with Crippen LogP contribution in [0.1, 0.15) is 9.70 Å². The minimum absolute atomic E-state index is 0.204. The Morgan fingerprint density at radius 1 is 1.70 bits per heavy atom. The van der Waals surface area contributed by atoms with E-state index in [1.807, 2.05) is 6.07 Å². The van der Waals surface area contributed by atoms with Gasteiger partial charge in [0.2, 0.25) is 0 Å². The van der Waals surface area contributed by atoms with Crippen molar-refractivity contribution in [2.75, 3.05) is 0 Å². The summed E-state index contributed by atoms with van der Waals surface area (Å²) in [5.41, 5.74) is 0. The zero-order valence-corrected chi connectivity index (χ0v) is 8.04. The first-order valence-corrected chi connectivity index (χ1v) is 4.69. The van der Waals surface area contributed by atoms with E-state index < -0.39 is 0 Å². The third-order valence-electron chi connectivity index (χ3n) is 0.985.